The number of rotatable bonds is 2. The molecule has 1 amide bonds. The van der Waals surface area contributed by atoms with Crippen molar-refractivity contribution in [3.05, 3.63) is 22.3 Å². The Hall–Kier alpha value is -1.68. The van der Waals surface area contributed by atoms with Crippen molar-refractivity contribution in [3.63, 3.8) is 0 Å². The Morgan fingerprint density at radius 3 is 2.64 bits per heavy atom. The molecule has 10 heteroatoms. The van der Waals surface area contributed by atoms with Crippen LogP contribution in [0.15, 0.2) is 16.7 Å². The summed E-state index contributed by atoms with van der Waals surface area (Å²) >= 11 is 3.27. The van der Waals surface area contributed by atoms with Gasteiger partial charge in [0.15, 0.2) is 0 Å². The van der Waals surface area contributed by atoms with Gasteiger partial charge in [-0.3, -0.25) is 4.79 Å². The number of piperidine rings is 1. The third kappa shape index (κ3) is 4.91. The maximum Gasteiger partial charge on any atom is 0.490 e. The van der Waals surface area contributed by atoms with Gasteiger partial charge in [-0.1, -0.05) is 12.9 Å². The summed E-state index contributed by atoms with van der Waals surface area (Å²) in [6.45, 7) is -0.151. The molecule has 3 N–H and O–H groups in total. The largest absolute Gasteiger partial charge is 0.490 e. The molecule has 2 aliphatic rings. The highest BCUT2D eigenvalue weighted by Gasteiger charge is 2.58. The quantitative estimate of drug-likeness (QED) is 0.632. The summed E-state index contributed by atoms with van der Waals surface area (Å²) in [5, 5.41) is 13.0. The molecule has 1 aliphatic heterocycles. The molecule has 2 fully saturated rings. The molecule has 1 aliphatic carbocycles. The van der Waals surface area contributed by atoms with Gasteiger partial charge in [-0.05, 0) is 52.7 Å². The Bertz CT molecular complexity index is 791. The van der Waals surface area contributed by atoms with Gasteiger partial charge >= 0.3 is 12.1 Å². The summed E-state index contributed by atoms with van der Waals surface area (Å²) < 4.78 is 55.3. The van der Waals surface area contributed by atoms with Gasteiger partial charge in [0.05, 0.1) is 6.04 Å². The molecule has 3 rings (SSSR count). The van der Waals surface area contributed by atoms with Crippen molar-refractivity contribution in [2.24, 2.45) is 5.41 Å². The minimum atomic E-state index is -5.08. The minimum absolute atomic E-state index is 0.0719. The first-order chi connectivity index (χ1) is 12.7. The summed E-state index contributed by atoms with van der Waals surface area (Å²) in [5.74, 6) is -2.48. The average molecular weight is 427 g/mol. The van der Waals surface area contributed by atoms with E-state index in [0.717, 1.165) is 5.56 Å². The number of carboxylic acid groups (broad SMARTS) is 1. The van der Waals surface area contributed by atoms with Crippen molar-refractivity contribution in [1.29, 1.82) is 0 Å². The number of carbonyl (C=O) groups is 2. The average Bonchev–Trinajstić information content (AvgIpc) is 3.12. The number of halogens is 4. The van der Waals surface area contributed by atoms with Crippen LogP contribution in [-0.2, 0) is 9.59 Å². The predicted octanol–water partition coefficient (Wildman–Crippen LogP) is 2.86. The SMILES string of the molecule is O=C(O)C(F)(F)F.[2H]C([2H])([2H])[C@@]12C[C@@H](C(=O)Nc3nc(Br)ccc3C)N[C@@H]1C2. The summed E-state index contributed by atoms with van der Waals surface area (Å²) in [6, 6.07) is 3.12. The number of nitrogens with one attached hydrogen (secondary N) is 2. The number of carboxylic acids is 1. The second-order valence-corrected chi connectivity index (χ2v) is 6.74. The number of aryl methyl sites for hydroxylation is 1. The fraction of sp³-hybridized carbons (Fsp3) is 0.533. The number of aromatic nitrogens is 1. The molecule has 0 aromatic carbocycles. The number of nitrogens with zero attached hydrogens (tertiary/aromatic N) is 1. The zero-order valence-corrected chi connectivity index (χ0v) is 14.5. The number of pyridine rings is 1. The lowest BCUT2D eigenvalue weighted by molar-refractivity contribution is -0.192. The molecule has 1 saturated carbocycles. The number of hydrogen-bond acceptors (Lipinski definition) is 4. The zero-order chi connectivity index (χ0) is 21.5. The highest BCUT2D eigenvalue weighted by atomic mass is 79.9. The molecule has 138 valence electrons. The molecule has 1 aromatic rings. The fourth-order valence-corrected chi connectivity index (χ4v) is 2.73. The van der Waals surface area contributed by atoms with E-state index >= 15 is 0 Å². The van der Waals surface area contributed by atoms with Crippen LogP contribution in [0.1, 0.15) is 29.4 Å². The van der Waals surface area contributed by atoms with E-state index in [-0.39, 0.29) is 11.9 Å². The second-order valence-electron chi connectivity index (χ2n) is 5.93. The van der Waals surface area contributed by atoms with Crippen molar-refractivity contribution in [3.8, 4) is 0 Å². The fourth-order valence-electron chi connectivity index (χ4n) is 2.42. The smallest absolute Gasteiger partial charge is 0.475 e. The molecule has 1 aromatic heterocycles. The van der Waals surface area contributed by atoms with Gasteiger partial charge < -0.3 is 15.7 Å². The van der Waals surface area contributed by atoms with E-state index < -0.39 is 30.5 Å². The van der Waals surface area contributed by atoms with E-state index in [4.69, 9.17) is 14.0 Å². The topological polar surface area (TPSA) is 91.3 Å². The summed E-state index contributed by atoms with van der Waals surface area (Å²) in [7, 11) is 0. The highest BCUT2D eigenvalue weighted by Crippen LogP contribution is 2.53. The highest BCUT2D eigenvalue weighted by molar-refractivity contribution is 9.10. The maximum atomic E-state index is 12.3. The number of aliphatic carboxylic acids is 1. The van der Waals surface area contributed by atoms with Crippen LogP contribution in [0, 0.1) is 12.3 Å². The lowest BCUT2D eigenvalue weighted by Gasteiger charge is -2.15. The van der Waals surface area contributed by atoms with Gasteiger partial charge in [-0.25, -0.2) is 9.78 Å². The summed E-state index contributed by atoms with van der Waals surface area (Å²) in [5.41, 5.74) is 0.148. The zero-order valence-electron chi connectivity index (χ0n) is 15.9. The Labute approximate surface area is 154 Å². The van der Waals surface area contributed by atoms with Crippen LogP contribution in [0.4, 0.5) is 19.0 Å². The van der Waals surface area contributed by atoms with E-state index in [1.54, 1.807) is 6.07 Å². The number of hydrogen-bond donors (Lipinski definition) is 3. The summed E-state index contributed by atoms with van der Waals surface area (Å²) in [6.07, 6.45) is -4.10. The molecule has 6 nitrogen and oxygen atoms in total. The van der Waals surface area contributed by atoms with Crippen LogP contribution >= 0.6 is 15.9 Å². The Morgan fingerprint density at radius 2 is 2.12 bits per heavy atom. The van der Waals surface area contributed by atoms with E-state index in [0.29, 0.717) is 23.3 Å². The molecule has 3 atom stereocenters. The minimum Gasteiger partial charge on any atom is -0.475 e. The lowest BCUT2D eigenvalue weighted by Crippen LogP contribution is -2.38. The standard InChI is InChI=1S/C13H16BrN3O.C2HF3O2/c1-7-3-4-10(14)16-11(7)17-12(18)8-5-13(2)6-9(13)15-8;3-2(4,5)1(6)7/h3-4,8-9,15H,5-6H2,1-2H3,(H,16,17,18);(H,6,7)/t8-,9+,13-;/m0./s1/i2D3;. The maximum absolute atomic E-state index is 12.3. The molecule has 0 unspecified atom stereocenters. The van der Waals surface area contributed by atoms with Crippen LogP contribution in [0.5, 0.6) is 0 Å². The van der Waals surface area contributed by atoms with E-state index in [9.17, 15) is 18.0 Å². The van der Waals surface area contributed by atoms with Crippen LogP contribution in [-0.4, -0.2) is 40.2 Å². The molecule has 2 heterocycles. The van der Waals surface area contributed by atoms with Crippen molar-refractivity contribution in [1.82, 2.24) is 10.3 Å². The Kier molecular flexibility index (Phi) is 4.30. The Morgan fingerprint density at radius 1 is 1.48 bits per heavy atom. The van der Waals surface area contributed by atoms with Crippen LogP contribution in [0.3, 0.4) is 0 Å². The van der Waals surface area contributed by atoms with Crippen molar-refractivity contribution in [2.45, 2.75) is 44.9 Å². The second kappa shape index (κ2) is 6.91. The van der Waals surface area contributed by atoms with Crippen molar-refractivity contribution in [2.75, 3.05) is 5.32 Å². The van der Waals surface area contributed by atoms with Gasteiger partial charge in [-0.2, -0.15) is 13.2 Å². The van der Waals surface area contributed by atoms with Gasteiger partial charge in [0.25, 0.3) is 0 Å². The van der Waals surface area contributed by atoms with Crippen molar-refractivity contribution < 1.29 is 32.0 Å². The first kappa shape index (κ1) is 15.6. The van der Waals surface area contributed by atoms with Crippen molar-refractivity contribution >= 4 is 33.6 Å². The predicted molar refractivity (Wildman–Crippen MR) is 87.0 cm³/mol. The van der Waals surface area contributed by atoms with E-state index in [2.05, 4.69) is 31.5 Å². The normalized spacial score (nSPS) is 29.2. The Balaban J connectivity index is 0.000000345. The van der Waals surface area contributed by atoms with Crippen LogP contribution < -0.4 is 10.6 Å². The summed E-state index contributed by atoms with van der Waals surface area (Å²) in [4.78, 5) is 25.4. The van der Waals surface area contributed by atoms with Gasteiger partial charge in [0, 0.05) is 10.2 Å². The van der Waals surface area contributed by atoms with E-state index in [1.807, 2.05) is 13.0 Å². The third-order valence-corrected chi connectivity index (χ3v) is 4.35. The molecule has 0 bridgehead atoms. The number of fused-ring (bicyclic) bond motifs is 1. The molecule has 0 radical (unpaired) electrons. The van der Waals surface area contributed by atoms with Gasteiger partial charge in [0.1, 0.15) is 10.4 Å². The third-order valence-electron chi connectivity index (χ3n) is 3.91. The first-order valence-corrected chi connectivity index (χ1v) is 7.97. The molecule has 1 saturated heterocycles. The molecule has 0 spiro atoms. The van der Waals surface area contributed by atoms with Crippen LogP contribution in [0.25, 0.3) is 0 Å². The molecular formula is C15H17BrF3N3O3. The van der Waals surface area contributed by atoms with Gasteiger partial charge in [0.2, 0.25) is 5.91 Å². The lowest BCUT2D eigenvalue weighted by atomic mass is 10.0. The monoisotopic (exact) mass is 426 g/mol. The number of amides is 1. The van der Waals surface area contributed by atoms with Gasteiger partial charge in [-0.15, -0.1) is 0 Å². The number of alkyl halides is 3. The number of carbonyl (C=O) groups excluding carboxylic acids is 1. The first-order valence-electron chi connectivity index (χ1n) is 8.67. The van der Waals surface area contributed by atoms with Crippen LogP contribution in [0.2, 0.25) is 0 Å². The number of anilines is 1. The molecule has 25 heavy (non-hydrogen) atoms. The molecular weight excluding hydrogens is 407 g/mol. The van der Waals surface area contributed by atoms with E-state index in [1.165, 1.54) is 0 Å².